The number of rotatable bonds is 1. The molecule has 72 valence electrons. The average molecular weight is 253 g/mol. The summed E-state index contributed by atoms with van der Waals surface area (Å²) in [6.45, 7) is 1.96. The van der Waals surface area contributed by atoms with Crippen LogP contribution in [-0.2, 0) is 0 Å². The van der Waals surface area contributed by atoms with Gasteiger partial charge < -0.3 is 4.74 Å². The van der Waals surface area contributed by atoms with Gasteiger partial charge in [0.15, 0.2) is 0 Å². The molecule has 0 amide bonds. The van der Waals surface area contributed by atoms with Gasteiger partial charge in [0.05, 0.1) is 17.1 Å². The molecule has 0 spiro atoms. The van der Waals surface area contributed by atoms with Crippen molar-refractivity contribution in [1.29, 1.82) is 0 Å². The van der Waals surface area contributed by atoms with E-state index in [4.69, 9.17) is 4.74 Å². The van der Waals surface area contributed by atoms with Crippen molar-refractivity contribution >= 4 is 26.8 Å². The van der Waals surface area contributed by atoms with E-state index in [1.54, 1.807) is 13.4 Å². The Labute approximate surface area is 90.3 Å². The lowest BCUT2D eigenvalue weighted by Crippen LogP contribution is -1.90. The molecule has 1 aromatic heterocycles. The second kappa shape index (κ2) is 3.53. The minimum atomic E-state index is 0.801. The van der Waals surface area contributed by atoms with Gasteiger partial charge in [-0.1, -0.05) is 0 Å². The van der Waals surface area contributed by atoms with Gasteiger partial charge in [-0.3, -0.25) is 0 Å². The molecule has 0 N–H and O–H groups in total. The fourth-order valence-electron chi connectivity index (χ4n) is 1.34. The first-order chi connectivity index (χ1) is 6.72. The van der Waals surface area contributed by atoms with E-state index >= 15 is 0 Å². The third-order valence-electron chi connectivity index (χ3n) is 2.11. The van der Waals surface area contributed by atoms with Crippen molar-refractivity contribution in [2.24, 2.45) is 0 Å². The summed E-state index contributed by atoms with van der Waals surface area (Å²) < 4.78 is 6.11. The number of ether oxygens (including phenoxy) is 1. The summed E-state index contributed by atoms with van der Waals surface area (Å²) >= 11 is 3.42. The second-order valence-electron chi connectivity index (χ2n) is 2.96. The Balaban J connectivity index is 2.80. The molecule has 3 nitrogen and oxygen atoms in total. The maximum absolute atomic E-state index is 5.21. The van der Waals surface area contributed by atoms with E-state index in [2.05, 4.69) is 25.9 Å². The van der Waals surface area contributed by atoms with E-state index in [-0.39, 0.29) is 0 Å². The predicted octanol–water partition coefficient (Wildman–Crippen LogP) is 2.71. The van der Waals surface area contributed by atoms with Crippen LogP contribution in [0.25, 0.3) is 10.9 Å². The second-order valence-corrected chi connectivity index (χ2v) is 3.82. The Kier molecular flexibility index (Phi) is 2.37. The maximum Gasteiger partial charge on any atom is 0.133 e. The van der Waals surface area contributed by atoms with Gasteiger partial charge in [0.2, 0.25) is 0 Å². The van der Waals surface area contributed by atoms with Crippen molar-refractivity contribution in [2.75, 3.05) is 7.11 Å². The number of halogens is 1. The monoisotopic (exact) mass is 252 g/mol. The van der Waals surface area contributed by atoms with Crippen LogP contribution in [0.5, 0.6) is 5.75 Å². The highest BCUT2D eigenvalue weighted by Gasteiger charge is 2.05. The summed E-state index contributed by atoms with van der Waals surface area (Å²) in [4.78, 5) is 8.31. The van der Waals surface area contributed by atoms with Crippen LogP contribution in [0, 0.1) is 6.92 Å². The van der Waals surface area contributed by atoms with Crippen LogP contribution in [-0.4, -0.2) is 17.1 Å². The molecule has 0 aliphatic carbocycles. The number of hydrogen-bond donors (Lipinski definition) is 0. The third-order valence-corrected chi connectivity index (χ3v) is 2.73. The number of methoxy groups -OCH3 is 1. The molecule has 0 aliphatic rings. The Morgan fingerprint density at radius 2 is 2.07 bits per heavy atom. The summed E-state index contributed by atoms with van der Waals surface area (Å²) in [5, 5.41) is 1.02. The van der Waals surface area contributed by atoms with Gasteiger partial charge in [-0.25, -0.2) is 9.97 Å². The molecule has 0 aliphatic heterocycles. The highest BCUT2D eigenvalue weighted by Crippen LogP contribution is 2.29. The van der Waals surface area contributed by atoms with Gasteiger partial charge in [-0.2, -0.15) is 0 Å². The summed E-state index contributed by atoms with van der Waals surface area (Å²) in [7, 11) is 1.64. The zero-order valence-electron chi connectivity index (χ0n) is 7.91. The van der Waals surface area contributed by atoms with Gasteiger partial charge in [-0.15, -0.1) is 0 Å². The van der Waals surface area contributed by atoms with E-state index < -0.39 is 0 Å². The zero-order valence-corrected chi connectivity index (χ0v) is 9.50. The van der Waals surface area contributed by atoms with Crippen LogP contribution in [0.1, 0.15) is 5.69 Å². The van der Waals surface area contributed by atoms with Crippen LogP contribution < -0.4 is 4.74 Å². The van der Waals surface area contributed by atoms with E-state index in [9.17, 15) is 0 Å². The van der Waals surface area contributed by atoms with Crippen LogP contribution in [0.4, 0.5) is 0 Å². The molecule has 2 aromatic rings. The van der Waals surface area contributed by atoms with Crippen molar-refractivity contribution < 1.29 is 4.74 Å². The van der Waals surface area contributed by atoms with Crippen LogP contribution in [0.3, 0.4) is 0 Å². The molecule has 2 rings (SSSR count). The fourth-order valence-corrected chi connectivity index (χ4v) is 1.84. The standard InChI is InChI=1S/C10H9BrN2O/c1-6-7-3-10(14-2)8(11)4-9(7)13-5-12-6/h3-5H,1-2H3. The van der Waals surface area contributed by atoms with Crippen molar-refractivity contribution in [3.63, 3.8) is 0 Å². The molecule has 1 heterocycles. The van der Waals surface area contributed by atoms with Crippen LogP contribution in [0.15, 0.2) is 22.9 Å². The Morgan fingerprint density at radius 3 is 2.79 bits per heavy atom. The highest BCUT2D eigenvalue weighted by atomic mass is 79.9. The van der Waals surface area contributed by atoms with Crippen LogP contribution in [0.2, 0.25) is 0 Å². The van der Waals surface area contributed by atoms with E-state index in [1.165, 1.54) is 0 Å². The molecule has 0 bridgehead atoms. The highest BCUT2D eigenvalue weighted by molar-refractivity contribution is 9.10. The first kappa shape index (κ1) is 9.40. The minimum absolute atomic E-state index is 0.801. The summed E-state index contributed by atoms with van der Waals surface area (Å²) in [6, 6.07) is 3.87. The molecule has 0 fully saturated rings. The van der Waals surface area contributed by atoms with Gasteiger partial charge in [0.25, 0.3) is 0 Å². The molecular weight excluding hydrogens is 244 g/mol. The summed E-state index contributed by atoms with van der Waals surface area (Å²) in [5.74, 6) is 0.801. The summed E-state index contributed by atoms with van der Waals surface area (Å²) in [6.07, 6.45) is 1.57. The lowest BCUT2D eigenvalue weighted by atomic mass is 10.2. The Bertz CT molecular complexity index is 485. The smallest absolute Gasteiger partial charge is 0.133 e. The molecule has 0 radical (unpaired) electrons. The third kappa shape index (κ3) is 1.46. The molecule has 0 unspecified atom stereocenters. The molecule has 0 saturated heterocycles. The molecule has 4 heteroatoms. The summed E-state index contributed by atoms with van der Waals surface area (Å²) in [5.41, 5.74) is 1.88. The van der Waals surface area contributed by atoms with E-state index in [0.717, 1.165) is 26.8 Å². The zero-order chi connectivity index (χ0) is 10.1. The molecular formula is C10H9BrN2O. The SMILES string of the molecule is COc1cc2c(C)ncnc2cc1Br. The number of aryl methyl sites for hydroxylation is 1. The van der Waals surface area contributed by atoms with Crippen molar-refractivity contribution in [2.45, 2.75) is 6.92 Å². The quantitative estimate of drug-likeness (QED) is 0.783. The van der Waals surface area contributed by atoms with Crippen molar-refractivity contribution in [3.05, 3.63) is 28.6 Å². The maximum atomic E-state index is 5.21. The van der Waals surface area contributed by atoms with Gasteiger partial charge in [0.1, 0.15) is 12.1 Å². The minimum Gasteiger partial charge on any atom is -0.496 e. The van der Waals surface area contributed by atoms with Gasteiger partial charge in [0, 0.05) is 11.1 Å². The molecule has 0 atom stereocenters. The molecule has 0 saturated carbocycles. The molecule has 1 aromatic carbocycles. The van der Waals surface area contributed by atoms with E-state index in [1.807, 2.05) is 19.1 Å². The number of benzene rings is 1. The van der Waals surface area contributed by atoms with Crippen molar-refractivity contribution in [1.82, 2.24) is 9.97 Å². The Hall–Kier alpha value is -1.16. The number of aromatic nitrogens is 2. The number of fused-ring (bicyclic) bond motifs is 1. The normalized spacial score (nSPS) is 10.5. The lowest BCUT2D eigenvalue weighted by molar-refractivity contribution is 0.413. The lowest BCUT2D eigenvalue weighted by Gasteiger charge is -2.05. The van der Waals surface area contributed by atoms with Gasteiger partial charge in [-0.05, 0) is 35.0 Å². The first-order valence-corrected chi connectivity index (χ1v) is 4.96. The topological polar surface area (TPSA) is 35.0 Å². The van der Waals surface area contributed by atoms with Crippen molar-refractivity contribution in [3.8, 4) is 5.75 Å². The Morgan fingerprint density at radius 1 is 1.29 bits per heavy atom. The largest absolute Gasteiger partial charge is 0.496 e. The fraction of sp³-hybridized carbons (Fsp3) is 0.200. The first-order valence-electron chi connectivity index (χ1n) is 4.17. The predicted molar refractivity (Wildman–Crippen MR) is 58.5 cm³/mol. The van der Waals surface area contributed by atoms with Gasteiger partial charge >= 0.3 is 0 Å². The molecule has 14 heavy (non-hydrogen) atoms. The average Bonchev–Trinajstić information content (AvgIpc) is 2.17. The van der Waals surface area contributed by atoms with Crippen LogP contribution >= 0.6 is 15.9 Å². The number of hydrogen-bond acceptors (Lipinski definition) is 3. The number of nitrogens with zero attached hydrogens (tertiary/aromatic N) is 2. The van der Waals surface area contributed by atoms with E-state index in [0.29, 0.717) is 0 Å².